The smallest absolute Gasteiger partial charge is 0.153 e. The number of nitrogens with zero attached hydrogens (tertiary/aromatic N) is 1. The SMILES string of the molecule is [c]1nc2cccc(-c3ccccc3)c2s1. The molecule has 0 fully saturated rings. The molecule has 71 valence electrons. The van der Waals surface area contributed by atoms with Gasteiger partial charge in [0.2, 0.25) is 0 Å². The van der Waals surface area contributed by atoms with Crippen molar-refractivity contribution in [2.24, 2.45) is 0 Å². The normalized spacial score (nSPS) is 10.7. The third kappa shape index (κ3) is 1.43. The highest BCUT2D eigenvalue weighted by atomic mass is 32.1. The van der Waals surface area contributed by atoms with Crippen LogP contribution in [0.15, 0.2) is 48.5 Å². The van der Waals surface area contributed by atoms with Crippen LogP contribution in [0.2, 0.25) is 0 Å². The maximum atomic E-state index is 4.20. The zero-order chi connectivity index (χ0) is 10.1. The van der Waals surface area contributed by atoms with E-state index in [9.17, 15) is 0 Å². The first kappa shape index (κ1) is 8.62. The fourth-order valence-electron chi connectivity index (χ4n) is 1.68. The van der Waals surface area contributed by atoms with Crippen molar-refractivity contribution in [1.29, 1.82) is 0 Å². The highest BCUT2D eigenvalue weighted by Gasteiger charge is 2.04. The van der Waals surface area contributed by atoms with Crippen LogP contribution in [0.1, 0.15) is 0 Å². The first-order valence-corrected chi connectivity index (χ1v) is 5.58. The van der Waals surface area contributed by atoms with Gasteiger partial charge in [-0.3, -0.25) is 0 Å². The molecule has 15 heavy (non-hydrogen) atoms. The molecular weight excluding hydrogens is 202 g/mol. The second-order valence-electron chi connectivity index (χ2n) is 3.33. The average Bonchev–Trinajstić information content (AvgIpc) is 2.78. The summed E-state index contributed by atoms with van der Waals surface area (Å²) >= 11 is 1.57. The number of fused-ring (bicyclic) bond motifs is 1. The number of benzene rings is 2. The van der Waals surface area contributed by atoms with Crippen LogP contribution in [0.4, 0.5) is 0 Å². The Kier molecular flexibility index (Phi) is 2.00. The lowest BCUT2D eigenvalue weighted by atomic mass is 10.1. The molecule has 0 saturated heterocycles. The summed E-state index contributed by atoms with van der Waals surface area (Å²) in [7, 11) is 0. The van der Waals surface area contributed by atoms with Gasteiger partial charge in [0.25, 0.3) is 0 Å². The van der Waals surface area contributed by atoms with Gasteiger partial charge in [0.1, 0.15) is 0 Å². The first-order chi connectivity index (χ1) is 7.45. The molecule has 2 aromatic carbocycles. The van der Waals surface area contributed by atoms with Crippen LogP contribution in [0.3, 0.4) is 0 Å². The first-order valence-electron chi connectivity index (χ1n) is 4.76. The van der Waals surface area contributed by atoms with Gasteiger partial charge in [0, 0.05) is 5.56 Å². The summed E-state index contributed by atoms with van der Waals surface area (Å²) in [5.74, 6) is 0. The molecule has 0 N–H and O–H groups in total. The third-order valence-corrected chi connectivity index (χ3v) is 3.21. The van der Waals surface area contributed by atoms with E-state index in [4.69, 9.17) is 0 Å². The van der Waals surface area contributed by atoms with Crippen molar-refractivity contribution >= 4 is 21.6 Å². The van der Waals surface area contributed by atoms with Crippen molar-refractivity contribution in [3.63, 3.8) is 0 Å². The lowest BCUT2D eigenvalue weighted by molar-refractivity contribution is 1.48. The Morgan fingerprint density at radius 2 is 1.80 bits per heavy atom. The van der Waals surface area contributed by atoms with Gasteiger partial charge in [-0.2, -0.15) is 0 Å². The highest BCUT2D eigenvalue weighted by Crippen LogP contribution is 2.30. The van der Waals surface area contributed by atoms with Crippen molar-refractivity contribution in [3.8, 4) is 11.1 Å². The van der Waals surface area contributed by atoms with E-state index in [1.165, 1.54) is 15.8 Å². The molecular formula is C13H8NS. The molecule has 1 radical (unpaired) electrons. The Morgan fingerprint density at radius 3 is 2.67 bits per heavy atom. The maximum Gasteiger partial charge on any atom is 0.153 e. The minimum atomic E-state index is 1.03. The second-order valence-corrected chi connectivity index (χ2v) is 4.12. The van der Waals surface area contributed by atoms with E-state index in [0.29, 0.717) is 0 Å². The molecule has 0 bridgehead atoms. The zero-order valence-corrected chi connectivity index (χ0v) is 8.79. The minimum Gasteiger partial charge on any atom is -0.233 e. The monoisotopic (exact) mass is 210 g/mol. The Morgan fingerprint density at radius 1 is 0.933 bits per heavy atom. The molecule has 0 aliphatic heterocycles. The van der Waals surface area contributed by atoms with Gasteiger partial charge in [0.05, 0.1) is 10.2 Å². The highest BCUT2D eigenvalue weighted by molar-refractivity contribution is 7.16. The fraction of sp³-hybridized carbons (Fsp3) is 0. The van der Waals surface area contributed by atoms with Crippen LogP contribution in [0, 0.1) is 5.51 Å². The van der Waals surface area contributed by atoms with Crippen LogP contribution in [0.5, 0.6) is 0 Å². The molecule has 1 heterocycles. The van der Waals surface area contributed by atoms with Gasteiger partial charge >= 0.3 is 0 Å². The molecule has 2 heteroatoms. The molecule has 3 aromatic rings. The van der Waals surface area contributed by atoms with Crippen LogP contribution in [-0.2, 0) is 0 Å². The van der Waals surface area contributed by atoms with Crippen molar-refractivity contribution in [3.05, 3.63) is 54.0 Å². The second kappa shape index (κ2) is 3.48. The maximum absolute atomic E-state index is 4.20. The lowest BCUT2D eigenvalue weighted by Crippen LogP contribution is -1.77. The quantitative estimate of drug-likeness (QED) is 0.596. The summed E-state index contributed by atoms with van der Waals surface area (Å²) < 4.78 is 1.21. The van der Waals surface area contributed by atoms with E-state index >= 15 is 0 Å². The largest absolute Gasteiger partial charge is 0.233 e. The number of hydrogen-bond donors (Lipinski definition) is 0. The molecule has 0 atom stereocenters. The van der Waals surface area contributed by atoms with E-state index in [2.05, 4.69) is 40.8 Å². The molecule has 0 saturated carbocycles. The van der Waals surface area contributed by atoms with Gasteiger partial charge in [-0.05, 0) is 11.6 Å². The van der Waals surface area contributed by atoms with E-state index in [0.717, 1.165) is 5.52 Å². The Hall–Kier alpha value is -1.67. The summed E-state index contributed by atoms with van der Waals surface area (Å²) in [5, 5.41) is 0. The van der Waals surface area contributed by atoms with Crippen molar-refractivity contribution in [2.75, 3.05) is 0 Å². The number of thiazole rings is 1. The molecule has 0 unspecified atom stereocenters. The van der Waals surface area contributed by atoms with Crippen molar-refractivity contribution in [1.82, 2.24) is 4.98 Å². The Labute approximate surface area is 92.0 Å². The fourth-order valence-corrected chi connectivity index (χ4v) is 2.43. The molecule has 1 nitrogen and oxygen atoms in total. The molecule has 0 aliphatic carbocycles. The van der Waals surface area contributed by atoms with Crippen LogP contribution in [-0.4, -0.2) is 4.98 Å². The minimum absolute atomic E-state index is 1.03. The lowest BCUT2D eigenvalue weighted by Gasteiger charge is -2.01. The van der Waals surface area contributed by atoms with Gasteiger partial charge < -0.3 is 0 Å². The van der Waals surface area contributed by atoms with E-state index in [1.54, 1.807) is 11.3 Å². The number of aromatic nitrogens is 1. The molecule has 3 rings (SSSR count). The summed E-state index contributed by atoms with van der Waals surface area (Å²) in [6.45, 7) is 0. The standard InChI is InChI=1S/C13H8NS/c1-2-5-10(6-3-1)11-7-4-8-12-13(11)15-9-14-12/h1-8H. The van der Waals surface area contributed by atoms with E-state index in [-0.39, 0.29) is 0 Å². The zero-order valence-electron chi connectivity index (χ0n) is 7.97. The van der Waals surface area contributed by atoms with Gasteiger partial charge in [0.15, 0.2) is 5.51 Å². The number of rotatable bonds is 1. The van der Waals surface area contributed by atoms with E-state index < -0.39 is 0 Å². The summed E-state index contributed by atoms with van der Waals surface area (Å²) in [6.07, 6.45) is 0. The average molecular weight is 210 g/mol. The van der Waals surface area contributed by atoms with Gasteiger partial charge in [-0.15, -0.1) is 11.3 Å². The van der Waals surface area contributed by atoms with E-state index in [1.807, 2.05) is 18.2 Å². The molecule has 0 aliphatic rings. The van der Waals surface area contributed by atoms with Crippen LogP contribution in [0.25, 0.3) is 21.3 Å². The van der Waals surface area contributed by atoms with Crippen molar-refractivity contribution < 1.29 is 0 Å². The van der Waals surface area contributed by atoms with Gasteiger partial charge in [-0.1, -0.05) is 42.5 Å². The topological polar surface area (TPSA) is 12.9 Å². The summed E-state index contributed by atoms with van der Waals surface area (Å²) in [4.78, 5) is 4.20. The number of hydrogen-bond acceptors (Lipinski definition) is 2. The summed E-state index contributed by atoms with van der Waals surface area (Å²) in [5.41, 5.74) is 6.45. The predicted molar refractivity (Wildman–Crippen MR) is 63.9 cm³/mol. The van der Waals surface area contributed by atoms with Crippen molar-refractivity contribution in [2.45, 2.75) is 0 Å². The summed E-state index contributed by atoms with van der Waals surface area (Å²) in [6, 6.07) is 16.6. The van der Waals surface area contributed by atoms with Crippen LogP contribution < -0.4 is 0 Å². The third-order valence-electron chi connectivity index (χ3n) is 2.39. The predicted octanol–water partition coefficient (Wildman–Crippen LogP) is 3.76. The van der Waals surface area contributed by atoms with Crippen LogP contribution >= 0.6 is 11.3 Å². The molecule has 0 amide bonds. The molecule has 0 spiro atoms. The van der Waals surface area contributed by atoms with Gasteiger partial charge in [-0.25, -0.2) is 4.98 Å². The molecule has 1 aromatic heterocycles. The Balaban J connectivity index is 2.31. The Bertz CT molecular complexity index is 584.